The molecule has 56 heavy (non-hydrogen) atoms. The summed E-state index contributed by atoms with van der Waals surface area (Å²) < 4.78 is 12.0. The van der Waals surface area contributed by atoms with Gasteiger partial charge >= 0.3 is 0 Å². The zero-order valence-electron chi connectivity index (χ0n) is 36.8. The molecule has 1 heterocycles. The summed E-state index contributed by atoms with van der Waals surface area (Å²) in [6, 6.07) is 11.4. The number of aliphatic hydroxyl groups excluding tert-OH is 1. The van der Waals surface area contributed by atoms with Crippen LogP contribution in [0.5, 0.6) is 5.75 Å². The van der Waals surface area contributed by atoms with Gasteiger partial charge in [-0.15, -0.1) is 0 Å². The van der Waals surface area contributed by atoms with E-state index in [1.165, 1.54) is 6.42 Å². The van der Waals surface area contributed by atoms with Crippen molar-refractivity contribution in [3.05, 3.63) is 53.1 Å². The number of hydrogen-bond acceptors (Lipinski definition) is 8. The van der Waals surface area contributed by atoms with Crippen molar-refractivity contribution < 1.29 is 29.0 Å². The summed E-state index contributed by atoms with van der Waals surface area (Å²) in [5.41, 5.74) is 4.27. The molecule has 0 spiro atoms. The minimum absolute atomic E-state index is 0.0195. The third-order valence-electron chi connectivity index (χ3n) is 13.2. The Morgan fingerprint density at radius 3 is 2.32 bits per heavy atom. The molecule has 2 bridgehead atoms. The molecule has 1 saturated heterocycles. The Kier molecular flexibility index (Phi) is 13.4. The number of hydroxylamine groups is 2. The van der Waals surface area contributed by atoms with Crippen molar-refractivity contribution >= 4 is 11.8 Å². The topological polar surface area (TPSA) is 113 Å². The summed E-state index contributed by atoms with van der Waals surface area (Å²) in [6.07, 6.45) is 2.07. The molecule has 10 nitrogen and oxygen atoms in total. The SMILES string of the molecule is COc1c(CN2O[C@@H](CO)[C@H]([C@H](C)OC)[C@H]2C(=O)N[C@H]2C[C@H]3C[C@@H]([C@@H]2C)C3(C)C)cccc1-c1cc(C(=O)N[C@H](CN(C)C)CC(C)(C)C)cc(C(C)(C)C)c1. The minimum atomic E-state index is -0.698. The van der Waals surface area contributed by atoms with E-state index in [0.29, 0.717) is 34.5 Å². The summed E-state index contributed by atoms with van der Waals surface area (Å²) in [7, 11) is 7.35. The number of hydrogen-bond donors (Lipinski definition) is 3. The second kappa shape index (κ2) is 17.1. The maximum absolute atomic E-state index is 14.5. The van der Waals surface area contributed by atoms with Gasteiger partial charge in [0.15, 0.2) is 0 Å². The van der Waals surface area contributed by atoms with Gasteiger partial charge in [0.1, 0.15) is 17.9 Å². The van der Waals surface area contributed by atoms with E-state index in [1.807, 2.05) is 51.4 Å². The van der Waals surface area contributed by atoms with Crippen molar-refractivity contribution in [2.75, 3.05) is 41.5 Å². The van der Waals surface area contributed by atoms with E-state index in [9.17, 15) is 14.7 Å². The highest BCUT2D eigenvalue weighted by atomic mass is 16.7. The lowest BCUT2D eigenvalue weighted by Crippen LogP contribution is -2.62. The van der Waals surface area contributed by atoms with Crippen molar-refractivity contribution in [1.29, 1.82) is 0 Å². The molecule has 0 unspecified atom stereocenters. The fraction of sp³-hybridized carbons (Fsp3) is 0.696. The van der Waals surface area contributed by atoms with Crippen LogP contribution in [0, 0.1) is 34.5 Å². The van der Waals surface area contributed by atoms with Crippen LogP contribution in [0.3, 0.4) is 0 Å². The third-order valence-corrected chi connectivity index (χ3v) is 13.2. The summed E-state index contributed by atoms with van der Waals surface area (Å²) in [4.78, 5) is 37.1. The number of fused-ring (bicyclic) bond motifs is 2. The van der Waals surface area contributed by atoms with Gasteiger partial charge in [-0.1, -0.05) is 86.6 Å². The molecule has 1 aliphatic heterocycles. The Labute approximate surface area is 337 Å². The molecule has 0 radical (unpaired) electrons. The highest BCUT2D eigenvalue weighted by Crippen LogP contribution is 2.61. The average molecular weight is 777 g/mol. The zero-order valence-corrected chi connectivity index (χ0v) is 36.8. The Hall–Kier alpha value is -3.02. The number of likely N-dealkylation sites (N-methyl/N-ethyl adjacent to an activating group) is 1. The van der Waals surface area contributed by atoms with Gasteiger partial charge < -0.3 is 30.1 Å². The van der Waals surface area contributed by atoms with Crippen molar-refractivity contribution in [3.63, 3.8) is 0 Å². The molecule has 3 saturated carbocycles. The van der Waals surface area contributed by atoms with Crippen molar-refractivity contribution in [2.45, 2.75) is 131 Å². The lowest BCUT2D eigenvalue weighted by atomic mass is 9.45. The van der Waals surface area contributed by atoms with Gasteiger partial charge in [0.05, 0.1) is 26.4 Å². The lowest BCUT2D eigenvalue weighted by molar-refractivity contribution is -0.183. The fourth-order valence-electron chi connectivity index (χ4n) is 9.93. The van der Waals surface area contributed by atoms with Gasteiger partial charge in [-0.2, -0.15) is 5.06 Å². The molecule has 2 amide bonds. The highest BCUT2D eigenvalue weighted by Gasteiger charge is 2.57. The van der Waals surface area contributed by atoms with Crippen molar-refractivity contribution in [3.8, 4) is 16.9 Å². The van der Waals surface area contributed by atoms with Crippen LogP contribution in [-0.4, -0.2) is 98.7 Å². The summed E-state index contributed by atoms with van der Waals surface area (Å²) >= 11 is 0. The number of ether oxygens (including phenoxy) is 2. The largest absolute Gasteiger partial charge is 0.496 e. The van der Waals surface area contributed by atoms with E-state index in [4.69, 9.17) is 14.3 Å². The van der Waals surface area contributed by atoms with Crippen LogP contribution in [0.2, 0.25) is 0 Å². The van der Waals surface area contributed by atoms with Gasteiger partial charge in [0, 0.05) is 48.3 Å². The maximum atomic E-state index is 14.5. The second-order valence-electron chi connectivity index (χ2n) is 20.2. The first-order valence-corrected chi connectivity index (χ1v) is 20.7. The molecule has 10 heteroatoms. The molecule has 6 rings (SSSR count). The lowest BCUT2D eigenvalue weighted by Gasteiger charge is -2.62. The first kappa shape index (κ1) is 44.1. The minimum Gasteiger partial charge on any atom is -0.496 e. The Morgan fingerprint density at radius 2 is 1.77 bits per heavy atom. The van der Waals surface area contributed by atoms with E-state index >= 15 is 0 Å². The number of nitrogens with one attached hydrogen (secondary N) is 2. The maximum Gasteiger partial charge on any atom is 0.251 e. The van der Waals surface area contributed by atoms with Crippen LogP contribution in [0.4, 0.5) is 0 Å². The predicted molar refractivity (Wildman–Crippen MR) is 223 cm³/mol. The predicted octanol–water partition coefficient (Wildman–Crippen LogP) is 7.07. The molecule has 2 aromatic carbocycles. The number of para-hydroxylation sites is 1. The number of nitrogens with zero attached hydrogens (tertiary/aromatic N) is 2. The van der Waals surface area contributed by atoms with Gasteiger partial charge in [0.25, 0.3) is 5.91 Å². The standard InChI is InChI=1S/C46H72N4O6/c1-27-36-21-33(46(36,9)10)22-37(27)48-43(53)40-39(28(2)54-13)38(26-51)56-50(40)24-29-16-15-17-35(41(29)55-14)30-18-31(20-32(19-30)45(6,7)8)42(52)47-34(25-49(11)12)23-44(3,4)5/h15-20,27-28,33-34,36-40,51H,21-26H2,1-14H3,(H,47,52)(H,48,53)/t27-,28-,33+,34-,36-,37-,38-,39-,40-/m0/s1. The monoisotopic (exact) mass is 777 g/mol. The van der Waals surface area contributed by atoms with Crippen LogP contribution in [0.25, 0.3) is 11.1 Å². The number of rotatable bonds is 14. The summed E-state index contributed by atoms with van der Waals surface area (Å²) in [6.45, 7) is 22.7. The number of carbonyl (C=O) groups is 2. The molecule has 4 aliphatic rings. The van der Waals surface area contributed by atoms with E-state index in [0.717, 1.165) is 41.6 Å². The highest BCUT2D eigenvalue weighted by molar-refractivity contribution is 5.96. The van der Waals surface area contributed by atoms with Crippen LogP contribution in [0.1, 0.15) is 110 Å². The van der Waals surface area contributed by atoms with Gasteiger partial charge in [0.2, 0.25) is 5.91 Å². The number of benzene rings is 2. The molecular weight excluding hydrogens is 705 g/mol. The van der Waals surface area contributed by atoms with Crippen LogP contribution >= 0.6 is 0 Å². The smallest absolute Gasteiger partial charge is 0.251 e. The zero-order chi connectivity index (χ0) is 41.5. The van der Waals surface area contributed by atoms with E-state index in [1.54, 1.807) is 19.3 Å². The van der Waals surface area contributed by atoms with Crippen molar-refractivity contribution in [1.82, 2.24) is 20.6 Å². The Balaban J connectivity index is 1.48. The van der Waals surface area contributed by atoms with Gasteiger partial charge in [-0.05, 0) is 97.5 Å². The normalized spacial score (nSPS) is 27.4. The fourth-order valence-corrected chi connectivity index (χ4v) is 9.93. The quantitative estimate of drug-likeness (QED) is 0.187. The number of methoxy groups -OCH3 is 2. The van der Waals surface area contributed by atoms with Crippen LogP contribution in [0.15, 0.2) is 36.4 Å². The van der Waals surface area contributed by atoms with Crippen LogP contribution < -0.4 is 15.4 Å². The molecule has 312 valence electrons. The third kappa shape index (κ3) is 9.47. The van der Waals surface area contributed by atoms with E-state index < -0.39 is 18.1 Å². The molecule has 3 aliphatic carbocycles. The Morgan fingerprint density at radius 1 is 1.07 bits per heavy atom. The molecular formula is C46H72N4O6. The van der Waals surface area contributed by atoms with E-state index in [2.05, 4.69) is 83.9 Å². The van der Waals surface area contributed by atoms with Crippen molar-refractivity contribution in [2.24, 2.45) is 34.5 Å². The first-order chi connectivity index (χ1) is 26.1. The number of carbonyl (C=O) groups excluding carboxylic acids is 2. The molecule has 4 fully saturated rings. The van der Waals surface area contributed by atoms with E-state index in [-0.39, 0.29) is 54.0 Å². The molecule has 0 aromatic heterocycles. The molecule has 3 N–H and O–H groups in total. The molecule has 2 aromatic rings. The molecule has 9 atom stereocenters. The summed E-state index contributed by atoms with van der Waals surface area (Å²) in [5, 5.41) is 19.1. The summed E-state index contributed by atoms with van der Waals surface area (Å²) in [5.74, 6) is 1.58. The second-order valence-corrected chi connectivity index (χ2v) is 20.2. The number of amides is 2. The van der Waals surface area contributed by atoms with Gasteiger partial charge in [-0.3, -0.25) is 14.4 Å². The van der Waals surface area contributed by atoms with Crippen LogP contribution in [-0.2, 0) is 26.3 Å². The first-order valence-electron chi connectivity index (χ1n) is 20.7. The number of aliphatic hydroxyl groups is 1. The Bertz CT molecular complexity index is 1700. The average Bonchev–Trinajstić information content (AvgIpc) is 3.48. The van der Waals surface area contributed by atoms with Gasteiger partial charge in [-0.25, -0.2) is 0 Å².